The van der Waals surface area contributed by atoms with Gasteiger partial charge in [-0.1, -0.05) is 188 Å². The van der Waals surface area contributed by atoms with Gasteiger partial charge in [-0.05, 0) is 96.6 Å². The second kappa shape index (κ2) is 14.7. The lowest BCUT2D eigenvalue weighted by Crippen LogP contribution is -2.72. The first-order chi connectivity index (χ1) is 30.7. The second-order valence-corrected chi connectivity index (χ2v) is 19.8. The number of hydrogen-bond donors (Lipinski definition) is 0. The zero-order valence-corrected chi connectivity index (χ0v) is 34.7. The molecule has 0 saturated carbocycles. The highest BCUT2D eigenvalue weighted by Crippen LogP contribution is 2.38. The summed E-state index contributed by atoms with van der Waals surface area (Å²) in [7, 11) is -2.72. The van der Waals surface area contributed by atoms with Gasteiger partial charge in [0.1, 0.15) is 11.2 Å². The van der Waals surface area contributed by atoms with E-state index in [9.17, 15) is 0 Å². The van der Waals surface area contributed by atoms with Crippen LogP contribution in [-0.4, -0.2) is 18.0 Å². The quantitative estimate of drug-likeness (QED) is 0.151. The molecule has 9 aromatic carbocycles. The minimum atomic E-state index is -2.72. The molecule has 290 valence electrons. The molecule has 0 amide bonds. The van der Waals surface area contributed by atoms with E-state index in [1.807, 2.05) is 18.2 Å². The van der Waals surface area contributed by atoms with Gasteiger partial charge in [-0.2, -0.15) is 0 Å². The Morgan fingerprint density at radius 3 is 1.56 bits per heavy atom. The van der Waals surface area contributed by atoms with Crippen molar-refractivity contribution in [1.82, 2.24) is 9.97 Å². The summed E-state index contributed by atoms with van der Waals surface area (Å²) in [4.78, 5) is 10.7. The lowest BCUT2D eigenvalue weighted by molar-refractivity contribution is 0.669. The minimum Gasteiger partial charge on any atom is -0.456 e. The molecule has 0 spiro atoms. The van der Waals surface area contributed by atoms with Gasteiger partial charge in [0.25, 0.3) is 0 Å². The molecule has 0 atom stereocenters. The smallest absolute Gasteiger partial charge is 0.180 e. The van der Waals surface area contributed by atoms with Gasteiger partial charge >= 0.3 is 0 Å². The molecule has 62 heavy (non-hydrogen) atoms. The van der Waals surface area contributed by atoms with Crippen LogP contribution in [0.5, 0.6) is 0 Å². The molecule has 11 aromatic rings. The number of nitrogens with zero attached hydrogens (tertiary/aromatic N) is 2. The fraction of sp³-hybridized carbons (Fsp3) is 0. The number of rotatable bonds is 7. The molecule has 1 aliphatic rings. The molecule has 3 nitrogen and oxygen atoms in total. The van der Waals surface area contributed by atoms with Crippen molar-refractivity contribution in [3.8, 4) is 67.3 Å². The fourth-order valence-electron chi connectivity index (χ4n) is 9.71. The molecule has 1 aliphatic heterocycles. The molecule has 0 unspecified atom stereocenters. The second-order valence-electron chi connectivity index (χ2n) is 16.1. The van der Waals surface area contributed by atoms with Crippen molar-refractivity contribution in [2.24, 2.45) is 0 Å². The predicted octanol–water partition coefficient (Wildman–Crippen LogP) is 12.1. The van der Waals surface area contributed by atoms with Crippen LogP contribution in [0.2, 0.25) is 0 Å². The topological polar surface area (TPSA) is 38.9 Å². The van der Waals surface area contributed by atoms with Crippen LogP contribution in [0.3, 0.4) is 0 Å². The van der Waals surface area contributed by atoms with Crippen LogP contribution in [-0.2, 0) is 0 Å². The maximum absolute atomic E-state index is 6.23. The first kappa shape index (κ1) is 36.0. The van der Waals surface area contributed by atoms with Gasteiger partial charge in [-0.25, -0.2) is 9.97 Å². The third kappa shape index (κ3) is 5.87. The lowest BCUT2D eigenvalue weighted by Gasteiger charge is -2.31. The van der Waals surface area contributed by atoms with Crippen molar-refractivity contribution in [3.05, 3.63) is 231 Å². The average molecular weight is 807 g/mol. The van der Waals surface area contributed by atoms with Gasteiger partial charge in [0.15, 0.2) is 13.9 Å². The summed E-state index contributed by atoms with van der Waals surface area (Å²) in [5, 5.41) is 7.76. The largest absolute Gasteiger partial charge is 0.456 e. The molecule has 0 bridgehead atoms. The molecule has 12 rings (SSSR count). The van der Waals surface area contributed by atoms with Crippen LogP contribution in [0.25, 0.3) is 89.2 Å². The Hall–Kier alpha value is -7.92. The number of fused-ring (bicyclic) bond motifs is 6. The van der Waals surface area contributed by atoms with Gasteiger partial charge in [-0.3, -0.25) is 0 Å². The Bertz CT molecular complexity index is 3420. The molecular weight excluding hydrogens is 769 g/mol. The number of para-hydroxylation sites is 1. The van der Waals surface area contributed by atoms with E-state index in [2.05, 4.69) is 212 Å². The molecule has 4 heteroatoms. The van der Waals surface area contributed by atoms with Crippen LogP contribution in [0, 0.1) is 0 Å². The standard InChI is InChI=1S/C58H38N2OSi/c1-5-17-39(18-6-1)43-33-44(41-30-32-55-51(36-41)48-25-13-15-27-54(48)61-55)35-45(34-43)53-38-52(59-58(60-53)40-19-7-2-8-20-40)42-29-31-50-49-26-14-16-28-56(49)62(57(50)37-42,46-21-9-3-10-22-46)47-23-11-4-12-24-47/h1-38H. The highest BCUT2D eigenvalue weighted by Gasteiger charge is 2.48. The van der Waals surface area contributed by atoms with Crippen LogP contribution in [0.15, 0.2) is 235 Å². The molecule has 3 heterocycles. The summed E-state index contributed by atoms with van der Waals surface area (Å²) in [5.41, 5.74) is 13.7. The summed E-state index contributed by atoms with van der Waals surface area (Å²) in [5.74, 6) is 0.689. The summed E-state index contributed by atoms with van der Waals surface area (Å²) >= 11 is 0. The molecule has 0 aliphatic carbocycles. The predicted molar refractivity (Wildman–Crippen MR) is 259 cm³/mol. The monoisotopic (exact) mass is 806 g/mol. The maximum Gasteiger partial charge on any atom is 0.180 e. The van der Waals surface area contributed by atoms with E-state index in [0.717, 1.165) is 72.3 Å². The first-order valence-corrected chi connectivity index (χ1v) is 23.1. The molecule has 2 aromatic heterocycles. The van der Waals surface area contributed by atoms with Crippen LogP contribution >= 0.6 is 0 Å². The van der Waals surface area contributed by atoms with E-state index >= 15 is 0 Å². The van der Waals surface area contributed by atoms with Crippen molar-refractivity contribution < 1.29 is 4.42 Å². The van der Waals surface area contributed by atoms with Crippen molar-refractivity contribution in [2.45, 2.75) is 0 Å². The van der Waals surface area contributed by atoms with Crippen molar-refractivity contribution in [2.75, 3.05) is 0 Å². The third-order valence-corrected chi connectivity index (χ3v) is 17.4. The van der Waals surface area contributed by atoms with Gasteiger partial charge in [0, 0.05) is 27.5 Å². The number of aromatic nitrogens is 2. The normalized spacial score (nSPS) is 12.6. The number of hydrogen-bond acceptors (Lipinski definition) is 3. The van der Waals surface area contributed by atoms with Crippen molar-refractivity contribution in [3.63, 3.8) is 0 Å². The van der Waals surface area contributed by atoms with Gasteiger partial charge in [0.2, 0.25) is 0 Å². The summed E-state index contributed by atoms with van der Waals surface area (Å²) in [6.07, 6.45) is 0. The zero-order chi connectivity index (χ0) is 41.0. The first-order valence-electron chi connectivity index (χ1n) is 21.1. The minimum absolute atomic E-state index is 0.689. The molecule has 0 N–H and O–H groups in total. The molecule has 0 fully saturated rings. The highest BCUT2D eigenvalue weighted by atomic mass is 28.3. The molecular formula is C58H38N2OSi. The highest BCUT2D eigenvalue weighted by molar-refractivity contribution is 7.22. The SMILES string of the molecule is c1ccc(-c2cc(-c3ccc4oc5ccccc5c4c3)cc(-c3cc(-c4ccc5c(c4)[Si](c4ccccc4)(c4ccccc4)c4ccccc4-5)nc(-c4ccccc4)n3)c2)cc1. The summed E-state index contributed by atoms with van der Waals surface area (Å²) < 4.78 is 6.23. The Labute approximate surface area is 361 Å². The number of furan rings is 1. The van der Waals surface area contributed by atoms with Crippen LogP contribution < -0.4 is 20.7 Å². The van der Waals surface area contributed by atoms with E-state index in [4.69, 9.17) is 14.4 Å². The van der Waals surface area contributed by atoms with Crippen LogP contribution in [0.1, 0.15) is 0 Å². The van der Waals surface area contributed by atoms with Gasteiger partial charge in [0.05, 0.1) is 11.4 Å². The van der Waals surface area contributed by atoms with Gasteiger partial charge in [-0.15, -0.1) is 0 Å². The summed E-state index contributed by atoms with van der Waals surface area (Å²) in [6.45, 7) is 0. The summed E-state index contributed by atoms with van der Waals surface area (Å²) in [6, 6.07) is 83.2. The van der Waals surface area contributed by atoms with E-state index in [-0.39, 0.29) is 0 Å². The Morgan fingerprint density at radius 1 is 0.306 bits per heavy atom. The van der Waals surface area contributed by atoms with Crippen molar-refractivity contribution >= 4 is 50.8 Å². The van der Waals surface area contributed by atoms with E-state index in [0.29, 0.717) is 5.82 Å². The van der Waals surface area contributed by atoms with Crippen molar-refractivity contribution in [1.29, 1.82) is 0 Å². The lowest BCUT2D eigenvalue weighted by atomic mass is 9.94. The van der Waals surface area contributed by atoms with E-state index < -0.39 is 8.07 Å². The van der Waals surface area contributed by atoms with E-state index in [1.165, 1.54) is 31.9 Å². The number of benzene rings is 9. The Morgan fingerprint density at radius 2 is 0.839 bits per heavy atom. The Kier molecular flexibility index (Phi) is 8.51. The molecule has 0 saturated heterocycles. The van der Waals surface area contributed by atoms with Gasteiger partial charge < -0.3 is 4.42 Å². The van der Waals surface area contributed by atoms with Crippen LogP contribution in [0.4, 0.5) is 0 Å². The Balaban J connectivity index is 1.08. The average Bonchev–Trinajstić information content (AvgIpc) is 3.88. The third-order valence-electron chi connectivity index (χ3n) is 12.6. The fourth-order valence-corrected chi connectivity index (χ4v) is 14.9. The van der Waals surface area contributed by atoms with E-state index in [1.54, 1.807) is 0 Å². The zero-order valence-electron chi connectivity index (χ0n) is 33.7. The maximum atomic E-state index is 6.23. The molecule has 0 radical (unpaired) electrons.